The van der Waals surface area contributed by atoms with Crippen molar-refractivity contribution in [3.63, 3.8) is 0 Å². The van der Waals surface area contributed by atoms with Crippen LogP contribution < -0.4 is 10.1 Å². The van der Waals surface area contributed by atoms with Gasteiger partial charge in [0.05, 0.1) is 18.1 Å². The molecule has 0 aliphatic heterocycles. The molecule has 2 aromatic rings. The molecule has 0 aliphatic carbocycles. The second-order valence-electron chi connectivity index (χ2n) is 5.12. The van der Waals surface area contributed by atoms with E-state index in [-0.39, 0.29) is 0 Å². The minimum Gasteiger partial charge on any atom is -0.497 e. The summed E-state index contributed by atoms with van der Waals surface area (Å²) in [7, 11) is 3.62. The maximum atomic E-state index is 6.01. The average Bonchev–Trinajstić information content (AvgIpc) is 2.68. The minimum absolute atomic E-state index is 0.585. The molecule has 1 aromatic heterocycles. The summed E-state index contributed by atoms with van der Waals surface area (Å²) >= 11 is 3.56. The molecular formula is C15H20BrNO2. The molecule has 0 spiro atoms. The number of rotatable bonds is 5. The molecule has 0 aliphatic rings. The fourth-order valence-corrected chi connectivity index (χ4v) is 2.80. The maximum Gasteiger partial charge on any atom is 0.149 e. The van der Waals surface area contributed by atoms with E-state index in [2.05, 4.69) is 41.2 Å². The van der Waals surface area contributed by atoms with Gasteiger partial charge in [-0.05, 0) is 47.4 Å². The lowest BCUT2D eigenvalue weighted by Gasteiger charge is -2.06. The first-order chi connectivity index (χ1) is 9.06. The molecule has 104 valence electrons. The van der Waals surface area contributed by atoms with Gasteiger partial charge in [-0.2, -0.15) is 0 Å². The van der Waals surface area contributed by atoms with E-state index < -0.39 is 0 Å². The van der Waals surface area contributed by atoms with Gasteiger partial charge in [0.25, 0.3) is 0 Å². The van der Waals surface area contributed by atoms with E-state index in [0.717, 1.165) is 39.9 Å². The first kappa shape index (κ1) is 14.4. The van der Waals surface area contributed by atoms with Crippen molar-refractivity contribution in [2.45, 2.75) is 26.8 Å². The normalized spacial score (nSPS) is 11.5. The third-order valence-electron chi connectivity index (χ3n) is 3.09. The van der Waals surface area contributed by atoms with Gasteiger partial charge in [0.15, 0.2) is 0 Å². The monoisotopic (exact) mass is 325 g/mol. The van der Waals surface area contributed by atoms with E-state index in [0.29, 0.717) is 5.92 Å². The Morgan fingerprint density at radius 3 is 2.68 bits per heavy atom. The van der Waals surface area contributed by atoms with Gasteiger partial charge >= 0.3 is 0 Å². The van der Waals surface area contributed by atoms with Gasteiger partial charge in [-0.3, -0.25) is 0 Å². The van der Waals surface area contributed by atoms with Crippen molar-refractivity contribution in [1.29, 1.82) is 0 Å². The lowest BCUT2D eigenvalue weighted by atomic mass is 9.99. The van der Waals surface area contributed by atoms with Crippen LogP contribution in [-0.2, 0) is 13.0 Å². The van der Waals surface area contributed by atoms with Gasteiger partial charge in [-0.1, -0.05) is 13.8 Å². The Kier molecular flexibility index (Phi) is 4.53. The highest BCUT2D eigenvalue weighted by Gasteiger charge is 2.17. The number of fused-ring (bicyclic) bond motifs is 1. The van der Waals surface area contributed by atoms with E-state index in [1.807, 2.05) is 13.1 Å². The zero-order valence-corrected chi connectivity index (χ0v) is 13.4. The van der Waals surface area contributed by atoms with Gasteiger partial charge in [0, 0.05) is 10.9 Å². The van der Waals surface area contributed by atoms with Crippen LogP contribution in [0.1, 0.15) is 25.2 Å². The van der Waals surface area contributed by atoms with Crippen LogP contribution in [0.25, 0.3) is 11.0 Å². The van der Waals surface area contributed by atoms with Crippen LogP contribution in [0.3, 0.4) is 0 Å². The summed E-state index contributed by atoms with van der Waals surface area (Å²) in [5.41, 5.74) is 2.18. The van der Waals surface area contributed by atoms with E-state index in [4.69, 9.17) is 9.15 Å². The molecule has 0 bridgehead atoms. The van der Waals surface area contributed by atoms with Gasteiger partial charge in [0.2, 0.25) is 0 Å². The average molecular weight is 326 g/mol. The van der Waals surface area contributed by atoms with E-state index in [1.54, 1.807) is 7.11 Å². The number of nitrogens with one attached hydrogen (secondary N) is 1. The largest absolute Gasteiger partial charge is 0.497 e. The van der Waals surface area contributed by atoms with Crippen molar-refractivity contribution in [2.75, 3.05) is 14.2 Å². The summed E-state index contributed by atoms with van der Waals surface area (Å²) in [4.78, 5) is 0. The quantitative estimate of drug-likeness (QED) is 0.897. The minimum atomic E-state index is 0.585. The lowest BCUT2D eigenvalue weighted by molar-refractivity contribution is 0.415. The first-order valence-corrected chi connectivity index (χ1v) is 7.28. The van der Waals surface area contributed by atoms with Crippen molar-refractivity contribution in [2.24, 2.45) is 5.92 Å². The molecule has 4 heteroatoms. The number of furan rings is 1. The smallest absolute Gasteiger partial charge is 0.149 e. The maximum absolute atomic E-state index is 6.01. The van der Waals surface area contributed by atoms with Crippen LogP contribution in [0.5, 0.6) is 5.75 Å². The molecular weight excluding hydrogens is 306 g/mol. The lowest BCUT2D eigenvalue weighted by Crippen LogP contribution is -2.07. The Morgan fingerprint density at radius 2 is 2.11 bits per heavy atom. The fourth-order valence-electron chi connectivity index (χ4n) is 2.28. The molecule has 0 atom stereocenters. The second-order valence-corrected chi connectivity index (χ2v) is 5.97. The third-order valence-corrected chi connectivity index (χ3v) is 3.68. The fraction of sp³-hybridized carbons (Fsp3) is 0.467. The van der Waals surface area contributed by atoms with Crippen LogP contribution >= 0.6 is 15.9 Å². The highest BCUT2D eigenvalue weighted by atomic mass is 79.9. The summed E-state index contributed by atoms with van der Waals surface area (Å²) in [6.45, 7) is 5.18. The second kappa shape index (κ2) is 5.97. The molecule has 1 heterocycles. The van der Waals surface area contributed by atoms with Crippen molar-refractivity contribution >= 4 is 26.9 Å². The summed E-state index contributed by atoms with van der Waals surface area (Å²) in [5.74, 6) is 2.45. The van der Waals surface area contributed by atoms with Crippen molar-refractivity contribution in [3.8, 4) is 5.75 Å². The summed E-state index contributed by atoms with van der Waals surface area (Å²) in [5, 5.41) is 4.31. The first-order valence-electron chi connectivity index (χ1n) is 6.49. The zero-order chi connectivity index (χ0) is 14.0. The Labute approximate surface area is 122 Å². The molecule has 1 N–H and O–H groups in total. The molecule has 1 aromatic carbocycles. The van der Waals surface area contributed by atoms with Crippen LogP contribution in [0, 0.1) is 5.92 Å². The molecule has 3 nitrogen and oxygen atoms in total. The number of hydrogen-bond donors (Lipinski definition) is 1. The third kappa shape index (κ3) is 2.95. The van der Waals surface area contributed by atoms with Crippen LogP contribution in [0.4, 0.5) is 0 Å². The summed E-state index contributed by atoms with van der Waals surface area (Å²) in [6.07, 6.45) is 1.00. The molecule has 0 radical (unpaired) electrons. The highest BCUT2D eigenvalue weighted by molar-refractivity contribution is 9.10. The predicted molar refractivity (Wildman–Crippen MR) is 81.8 cm³/mol. The molecule has 0 saturated heterocycles. The van der Waals surface area contributed by atoms with E-state index in [9.17, 15) is 0 Å². The number of ether oxygens (including phenoxy) is 1. The number of halogens is 1. The molecule has 0 amide bonds. The SMILES string of the molecule is CNCc1oc2c(Br)cc(OC)cc2c1CC(C)C. The van der Waals surface area contributed by atoms with Crippen LogP contribution in [-0.4, -0.2) is 14.2 Å². The van der Waals surface area contributed by atoms with Crippen molar-refractivity contribution < 1.29 is 9.15 Å². The van der Waals surface area contributed by atoms with Gasteiger partial charge in [-0.25, -0.2) is 0 Å². The van der Waals surface area contributed by atoms with Gasteiger partial charge < -0.3 is 14.5 Å². The summed E-state index contributed by atoms with van der Waals surface area (Å²) in [6, 6.07) is 3.99. The van der Waals surface area contributed by atoms with E-state index >= 15 is 0 Å². The molecule has 0 saturated carbocycles. The van der Waals surface area contributed by atoms with Gasteiger partial charge in [0.1, 0.15) is 17.1 Å². The standard InChI is InChI=1S/C15H20BrNO2/c1-9(2)5-11-12-6-10(18-4)7-13(16)15(12)19-14(11)8-17-3/h6-7,9,17H,5,8H2,1-4H3. The Bertz CT molecular complexity index is 575. The number of methoxy groups -OCH3 is 1. The highest BCUT2D eigenvalue weighted by Crippen LogP contribution is 2.36. The van der Waals surface area contributed by atoms with E-state index in [1.165, 1.54) is 5.56 Å². The topological polar surface area (TPSA) is 34.4 Å². The van der Waals surface area contributed by atoms with Crippen molar-refractivity contribution in [1.82, 2.24) is 5.32 Å². The predicted octanol–water partition coefficient (Wildman–Crippen LogP) is 4.12. The molecule has 0 fully saturated rings. The summed E-state index contributed by atoms with van der Waals surface area (Å²) < 4.78 is 12.3. The Balaban J connectivity index is 2.64. The van der Waals surface area contributed by atoms with Crippen LogP contribution in [0.15, 0.2) is 21.0 Å². The molecule has 0 unspecified atom stereocenters. The zero-order valence-electron chi connectivity index (χ0n) is 11.8. The van der Waals surface area contributed by atoms with Crippen molar-refractivity contribution in [3.05, 3.63) is 27.9 Å². The van der Waals surface area contributed by atoms with Gasteiger partial charge in [-0.15, -0.1) is 0 Å². The Hall–Kier alpha value is -1.00. The van der Waals surface area contributed by atoms with Crippen LogP contribution in [0.2, 0.25) is 0 Å². The molecule has 19 heavy (non-hydrogen) atoms. The number of benzene rings is 1. The molecule has 2 rings (SSSR count). The Morgan fingerprint density at radius 1 is 1.37 bits per heavy atom. The number of hydrogen-bond acceptors (Lipinski definition) is 3.